The highest BCUT2D eigenvalue weighted by molar-refractivity contribution is 5.94. The molecule has 1 saturated heterocycles. The number of rotatable bonds is 5. The number of aryl methyl sites for hydroxylation is 1. The molecule has 0 spiro atoms. The predicted molar refractivity (Wildman–Crippen MR) is 116 cm³/mol. The Bertz CT molecular complexity index is 895. The Kier molecular flexibility index (Phi) is 6.01. The third-order valence-corrected chi connectivity index (χ3v) is 5.60. The Morgan fingerprint density at radius 3 is 2.10 bits per heavy atom. The van der Waals surface area contributed by atoms with Gasteiger partial charge < -0.3 is 5.32 Å². The third-order valence-electron chi connectivity index (χ3n) is 5.60. The van der Waals surface area contributed by atoms with Crippen molar-refractivity contribution in [3.8, 4) is 0 Å². The molecular formula is C25H27N3O. The van der Waals surface area contributed by atoms with E-state index in [-0.39, 0.29) is 18.0 Å². The van der Waals surface area contributed by atoms with E-state index in [0.29, 0.717) is 5.56 Å². The van der Waals surface area contributed by atoms with Crippen LogP contribution in [0.4, 0.5) is 0 Å². The minimum absolute atomic E-state index is 0.0256. The number of benzene rings is 2. The van der Waals surface area contributed by atoms with E-state index in [4.69, 9.17) is 0 Å². The number of carbonyl (C=O) groups is 1. The van der Waals surface area contributed by atoms with Crippen LogP contribution in [0, 0.1) is 6.92 Å². The van der Waals surface area contributed by atoms with E-state index in [9.17, 15) is 4.79 Å². The number of hydrogen-bond donors (Lipinski definition) is 1. The summed E-state index contributed by atoms with van der Waals surface area (Å²) in [6, 6.07) is 23.7. The number of pyridine rings is 1. The van der Waals surface area contributed by atoms with Gasteiger partial charge in [-0.3, -0.25) is 14.7 Å². The van der Waals surface area contributed by atoms with E-state index >= 15 is 0 Å². The first-order chi connectivity index (χ1) is 14.2. The average molecular weight is 386 g/mol. The Morgan fingerprint density at radius 2 is 1.55 bits per heavy atom. The number of nitrogens with zero attached hydrogens (tertiary/aromatic N) is 2. The van der Waals surface area contributed by atoms with E-state index in [1.165, 1.54) is 11.1 Å². The molecule has 1 fully saturated rings. The van der Waals surface area contributed by atoms with Crippen LogP contribution >= 0.6 is 0 Å². The zero-order valence-corrected chi connectivity index (χ0v) is 16.8. The number of carbonyl (C=O) groups excluding carboxylic acids is 1. The van der Waals surface area contributed by atoms with Gasteiger partial charge in [0.15, 0.2) is 0 Å². The van der Waals surface area contributed by atoms with Crippen LogP contribution in [0.1, 0.15) is 45.9 Å². The van der Waals surface area contributed by atoms with Gasteiger partial charge in [0.25, 0.3) is 5.91 Å². The highest BCUT2D eigenvalue weighted by Gasteiger charge is 2.28. The van der Waals surface area contributed by atoms with Gasteiger partial charge in [0.05, 0.1) is 11.6 Å². The average Bonchev–Trinajstić information content (AvgIpc) is 2.77. The molecule has 2 heterocycles. The quantitative estimate of drug-likeness (QED) is 0.709. The summed E-state index contributed by atoms with van der Waals surface area (Å²) in [4.78, 5) is 19.2. The topological polar surface area (TPSA) is 45.2 Å². The van der Waals surface area contributed by atoms with Crippen LogP contribution in [0.2, 0.25) is 0 Å². The molecule has 4 nitrogen and oxygen atoms in total. The van der Waals surface area contributed by atoms with Crippen molar-refractivity contribution in [2.75, 3.05) is 13.1 Å². The molecule has 2 aromatic carbocycles. The van der Waals surface area contributed by atoms with Crippen molar-refractivity contribution in [3.05, 3.63) is 101 Å². The van der Waals surface area contributed by atoms with Crippen LogP contribution in [0.15, 0.2) is 79.1 Å². The zero-order valence-electron chi connectivity index (χ0n) is 16.8. The first-order valence-electron chi connectivity index (χ1n) is 10.3. The number of piperidine rings is 1. The van der Waals surface area contributed by atoms with Crippen LogP contribution in [0.25, 0.3) is 0 Å². The predicted octanol–water partition coefficient (Wildman–Crippen LogP) is 4.37. The number of hydrogen-bond acceptors (Lipinski definition) is 3. The number of likely N-dealkylation sites (tertiary alicyclic amines) is 1. The summed E-state index contributed by atoms with van der Waals surface area (Å²) < 4.78 is 0. The lowest BCUT2D eigenvalue weighted by molar-refractivity contribution is 0.0900. The maximum Gasteiger partial charge on any atom is 0.253 e. The van der Waals surface area contributed by atoms with Gasteiger partial charge in [-0.1, -0.05) is 60.7 Å². The molecule has 1 aromatic heterocycles. The third kappa shape index (κ3) is 4.72. The van der Waals surface area contributed by atoms with Gasteiger partial charge >= 0.3 is 0 Å². The number of nitrogens with one attached hydrogen (secondary N) is 1. The minimum atomic E-state index is -0.0256. The van der Waals surface area contributed by atoms with Gasteiger partial charge in [-0.05, 0) is 42.5 Å². The molecule has 3 aromatic rings. The summed E-state index contributed by atoms with van der Waals surface area (Å²) in [5.74, 6) is -0.0256. The van der Waals surface area contributed by atoms with Crippen LogP contribution in [-0.4, -0.2) is 34.9 Å². The lowest BCUT2D eigenvalue weighted by atomic mass is 9.94. The summed E-state index contributed by atoms with van der Waals surface area (Å²) in [5.41, 5.74) is 4.26. The molecule has 1 N–H and O–H groups in total. The lowest BCUT2D eigenvalue weighted by Gasteiger charge is -2.38. The molecule has 0 unspecified atom stereocenters. The van der Waals surface area contributed by atoms with E-state index < -0.39 is 0 Å². The standard InChI is InChI=1S/C25H27N3O/c1-19-16-22(18-26-17-19)25(29)27-23-12-14-28(15-13-23)24(20-8-4-2-5-9-20)21-10-6-3-7-11-21/h2-11,16-18,23-24H,12-15H2,1H3,(H,27,29). The second kappa shape index (κ2) is 9.01. The number of aromatic nitrogens is 1. The van der Waals surface area contributed by atoms with Crippen LogP contribution in [0.5, 0.6) is 0 Å². The van der Waals surface area contributed by atoms with E-state index in [1.807, 2.05) is 13.0 Å². The molecular weight excluding hydrogens is 358 g/mol. The highest BCUT2D eigenvalue weighted by Crippen LogP contribution is 2.31. The molecule has 0 bridgehead atoms. The van der Waals surface area contributed by atoms with Crippen LogP contribution in [0.3, 0.4) is 0 Å². The van der Waals surface area contributed by atoms with Gasteiger partial charge in [-0.15, -0.1) is 0 Å². The van der Waals surface area contributed by atoms with Crippen molar-refractivity contribution in [2.24, 2.45) is 0 Å². The monoisotopic (exact) mass is 385 g/mol. The minimum Gasteiger partial charge on any atom is -0.349 e. The molecule has 1 aliphatic rings. The summed E-state index contributed by atoms with van der Waals surface area (Å²) in [5, 5.41) is 3.20. The Morgan fingerprint density at radius 1 is 0.966 bits per heavy atom. The van der Waals surface area contributed by atoms with Crippen molar-refractivity contribution in [1.82, 2.24) is 15.2 Å². The SMILES string of the molecule is Cc1cncc(C(=O)NC2CCN(C(c3ccccc3)c3ccccc3)CC2)c1. The Labute approximate surface area is 172 Å². The molecule has 148 valence electrons. The van der Waals surface area contributed by atoms with Crippen molar-refractivity contribution in [1.29, 1.82) is 0 Å². The molecule has 0 aliphatic carbocycles. The summed E-state index contributed by atoms with van der Waals surface area (Å²) in [6.07, 6.45) is 5.29. The first-order valence-corrected chi connectivity index (χ1v) is 10.3. The summed E-state index contributed by atoms with van der Waals surface area (Å²) >= 11 is 0. The summed E-state index contributed by atoms with van der Waals surface area (Å²) in [7, 11) is 0. The molecule has 4 heteroatoms. The molecule has 0 radical (unpaired) electrons. The van der Waals surface area contributed by atoms with Crippen molar-refractivity contribution < 1.29 is 4.79 Å². The fraction of sp³-hybridized carbons (Fsp3) is 0.280. The van der Waals surface area contributed by atoms with Crippen LogP contribution < -0.4 is 5.32 Å². The maximum absolute atomic E-state index is 12.6. The van der Waals surface area contributed by atoms with Gasteiger partial charge in [0.2, 0.25) is 0 Å². The largest absolute Gasteiger partial charge is 0.349 e. The second-order valence-corrected chi connectivity index (χ2v) is 7.76. The van der Waals surface area contributed by atoms with Crippen molar-refractivity contribution in [3.63, 3.8) is 0 Å². The highest BCUT2D eigenvalue weighted by atomic mass is 16.1. The van der Waals surface area contributed by atoms with E-state index in [2.05, 4.69) is 75.9 Å². The smallest absolute Gasteiger partial charge is 0.253 e. The van der Waals surface area contributed by atoms with E-state index in [0.717, 1.165) is 31.5 Å². The molecule has 29 heavy (non-hydrogen) atoms. The molecule has 1 amide bonds. The summed E-state index contributed by atoms with van der Waals surface area (Å²) in [6.45, 7) is 3.85. The normalized spacial score (nSPS) is 15.4. The second-order valence-electron chi connectivity index (χ2n) is 7.76. The molecule has 0 saturated carbocycles. The van der Waals surface area contributed by atoms with Gasteiger partial charge in [0, 0.05) is 31.5 Å². The molecule has 0 atom stereocenters. The van der Waals surface area contributed by atoms with Gasteiger partial charge in [-0.2, -0.15) is 0 Å². The lowest BCUT2D eigenvalue weighted by Crippen LogP contribution is -2.45. The molecule has 1 aliphatic heterocycles. The fourth-order valence-electron chi connectivity index (χ4n) is 4.13. The fourth-order valence-corrected chi connectivity index (χ4v) is 4.13. The molecule has 4 rings (SSSR count). The maximum atomic E-state index is 12.6. The van der Waals surface area contributed by atoms with Crippen molar-refractivity contribution in [2.45, 2.75) is 31.8 Å². The number of amides is 1. The first kappa shape index (κ1) is 19.3. The van der Waals surface area contributed by atoms with Gasteiger partial charge in [-0.25, -0.2) is 0 Å². The van der Waals surface area contributed by atoms with E-state index in [1.54, 1.807) is 12.4 Å². The van der Waals surface area contributed by atoms with Crippen LogP contribution in [-0.2, 0) is 0 Å². The van der Waals surface area contributed by atoms with Gasteiger partial charge in [0.1, 0.15) is 0 Å². The van der Waals surface area contributed by atoms with Crippen molar-refractivity contribution >= 4 is 5.91 Å². The Hall–Kier alpha value is -2.98. The zero-order chi connectivity index (χ0) is 20.1. The Balaban J connectivity index is 1.44.